The van der Waals surface area contributed by atoms with Gasteiger partial charge in [0.2, 0.25) is 5.91 Å². The van der Waals surface area contributed by atoms with Crippen LogP contribution in [0.3, 0.4) is 0 Å². The first-order chi connectivity index (χ1) is 13.2. The van der Waals surface area contributed by atoms with Gasteiger partial charge in [-0.2, -0.15) is 0 Å². The second kappa shape index (κ2) is 10.3. The summed E-state index contributed by atoms with van der Waals surface area (Å²) in [6.07, 6.45) is 0.962. The summed E-state index contributed by atoms with van der Waals surface area (Å²) in [5, 5.41) is 3.02. The van der Waals surface area contributed by atoms with Crippen LogP contribution in [-0.4, -0.2) is 55.8 Å². The minimum absolute atomic E-state index is 0.0925. The summed E-state index contributed by atoms with van der Waals surface area (Å²) in [4.78, 5) is 17.8. The van der Waals surface area contributed by atoms with Gasteiger partial charge in [-0.05, 0) is 48.6 Å². The summed E-state index contributed by atoms with van der Waals surface area (Å²) < 4.78 is 13.0. The smallest absolute Gasteiger partial charge is 0.234 e. The molecule has 6 heteroatoms. The topological polar surface area (TPSA) is 35.6 Å². The predicted molar refractivity (Wildman–Crippen MR) is 110 cm³/mol. The number of anilines is 1. The van der Waals surface area contributed by atoms with Crippen molar-refractivity contribution in [3.63, 3.8) is 0 Å². The SMILES string of the molecule is O=C(CN1CCN(c2ccc(F)cc2)CC1)NCCCSc1ccccc1. The van der Waals surface area contributed by atoms with Crippen LogP contribution in [0.25, 0.3) is 0 Å². The summed E-state index contributed by atoms with van der Waals surface area (Å²) in [6.45, 7) is 4.56. The highest BCUT2D eigenvalue weighted by molar-refractivity contribution is 7.99. The Labute approximate surface area is 164 Å². The second-order valence-electron chi connectivity index (χ2n) is 6.60. The minimum Gasteiger partial charge on any atom is -0.369 e. The van der Waals surface area contributed by atoms with Crippen molar-refractivity contribution in [3.05, 3.63) is 60.4 Å². The van der Waals surface area contributed by atoms with Crippen LogP contribution in [-0.2, 0) is 4.79 Å². The first-order valence-corrected chi connectivity index (χ1v) is 10.4. The van der Waals surface area contributed by atoms with Crippen molar-refractivity contribution in [1.29, 1.82) is 0 Å². The van der Waals surface area contributed by atoms with Gasteiger partial charge in [-0.1, -0.05) is 18.2 Å². The normalized spacial score (nSPS) is 14.9. The third kappa shape index (κ3) is 6.56. The molecule has 4 nitrogen and oxygen atoms in total. The van der Waals surface area contributed by atoms with Gasteiger partial charge in [-0.15, -0.1) is 11.8 Å². The first-order valence-electron chi connectivity index (χ1n) is 9.38. The summed E-state index contributed by atoms with van der Waals surface area (Å²) in [5.41, 5.74) is 1.04. The fourth-order valence-corrected chi connectivity index (χ4v) is 3.96. The number of halogens is 1. The van der Waals surface area contributed by atoms with Gasteiger partial charge in [0.1, 0.15) is 5.82 Å². The van der Waals surface area contributed by atoms with Crippen LogP contribution in [0.4, 0.5) is 10.1 Å². The molecule has 1 saturated heterocycles. The fraction of sp³-hybridized carbons (Fsp3) is 0.381. The van der Waals surface area contributed by atoms with Gasteiger partial charge in [0.25, 0.3) is 0 Å². The highest BCUT2D eigenvalue weighted by Gasteiger charge is 2.19. The van der Waals surface area contributed by atoms with Crippen LogP contribution >= 0.6 is 11.8 Å². The largest absolute Gasteiger partial charge is 0.369 e. The fourth-order valence-electron chi connectivity index (χ4n) is 3.08. The molecule has 0 spiro atoms. The Hall–Kier alpha value is -2.05. The maximum absolute atomic E-state index is 13.0. The third-order valence-electron chi connectivity index (χ3n) is 4.59. The summed E-state index contributed by atoms with van der Waals surface area (Å²) in [5.74, 6) is 0.881. The van der Waals surface area contributed by atoms with E-state index in [4.69, 9.17) is 0 Å². The standard InChI is InChI=1S/C21H26FN3OS/c22-18-7-9-19(10-8-18)25-14-12-24(13-15-25)17-21(26)23-11-4-16-27-20-5-2-1-3-6-20/h1-3,5-10H,4,11-17H2,(H,23,26). The summed E-state index contributed by atoms with van der Waals surface area (Å²) in [7, 11) is 0. The van der Waals surface area contributed by atoms with Gasteiger partial charge >= 0.3 is 0 Å². The maximum Gasteiger partial charge on any atom is 0.234 e. The summed E-state index contributed by atoms with van der Waals surface area (Å²) in [6, 6.07) is 16.9. The molecule has 2 aromatic carbocycles. The number of benzene rings is 2. The van der Waals surface area contributed by atoms with Gasteiger partial charge in [-0.3, -0.25) is 9.69 Å². The van der Waals surface area contributed by atoms with Gasteiger partial charge in [0, 0.05) is 43.3 Å². The number of thioether (sulfide) groups is 1. The molecule has 1 aliphatic rings. The van der Waals surface area contributed by atoms with Gasteiger partial charge in [-0.25, -0.2) is 4.39 Å². The Bertz CT molecular complexity index is 703. The average molecular weight is 388 g/mol. The van der Waals surface area contributed by atoms with E-state index in [2.05, 4.69) is 27.2 Å². The number of nitrogens with zero attached hydrogens (tertiary/aromatic N) is 2. The molecule has 0 atom stereocenters. The minimum atomic E-state index is -0.212. The van der Waals surface area contributed by atoms with E-state index in [1.165, 1.54) is 17.0 Å². The highest BCUT2D eigenvalue weighted by Crippen LogP contribution is 2.18. The molecule has 0 radical (unpaired) electrons. The number of hydrogen-bond donors (Lipinski definition) is 1. The molecule has 0 saturated carbocycles. The van der Waals surface area contributed by atoms with Crippen molar-refractivity contribution >= 4 is 23.4 Å². The Kier molecular flexibility index (Phi) is 7.54. The van der Waals surface area contributed by atoms with E-state index in [0.29, 0.717) is 13.1 Å². The molecule has 1 fully saturated rings. The van der Waals surface area contributed by atoms with Gasteiger partial charge in [0.05, 0.1) is 6.54 Å². The molecule has 0 aromatic heterocycles. The van der Waals surface area contributed by atoms with Crippen LogP contribution in [0, 0.1) is 5.82 Å². The van der Waals surface area contributed by atoms with E-state index in [1.54, 1.807) is 0 Å². The molecule has 0 aliphatic carbocycles. The molecule has 2 aromatic rings. The molecule has 0 bridgehead atoms. The molecule has 27 heavy (non-hydrogen) atoms. The zero-order valence-electron chi connectivity index (χ0n) is 15.4. The third-order valence-corrected chi connectivity index (χ3v) is 5.68. The van der Waals surface area contributed by atoms with Crippen molar-refractivity contribution in [2.75, 3.05) is 49.9 Å². The Morgan fingerprint density at radius 2 is 1.70 bits per heavy atom. The van der Waals surface area contributed by atoms with E-state index in [9.17, 15) is 9.18 Å². The molecule has 1 heterocycles. The lowest BCUT2D eigenvalue weighted by atomic mass is 10.2. The second-order valence-corrected chi connectivity index (χ2v) is 7.77. The van der Waals surface area contributed by atoms with Crippen molar-refractivity contribution in [1.82, 2.24) is 10.2 Å². The molecule has 1 amide bonds. The molecular formula is C21H26FN3OS. The van der Waals surface area contributed by atoms with Crippen LogP contribution in [0.5, 0.6) is 0 Å². The van der Waals surface area contributed by atoms with E-state index in [-0.39, 0.29) is 11.7 Å². The number of hydrogen-bond acceptors (Lipinski definition) is 4. The van der Waals surface area contributed by atoms with Crippen LogP contribution < -0.4 is 10.2 Å². The Morgan fingerprint density at radius 1 is 1.00 bits per heavy atom. The van der Waals surface area contributed by atoms with Crippen LogP contribution in [0.15, 0.2) is 59.5 Å². The van der Waals surface area contributed by atoms with Crippen molar-refractivity contribution in [3.8, 4) is 0 Å². The number of rotatable bonds is 8. The predicted octanol–water partition coefficient (Wildman–Crippen LogP) is 3.25. The van der Waals surface area contributed by atoms with Crippen molar-refractivity contribution < 1.29 is 9.18 Å². The molecule has 3 rings (SSSR count). The first kappa shape index (κ1) is 19.7. The highest BCUT2D eigenvalue weighted by atomic mass is 32.2. The molecular weight excluding hydrogens is 361 g/mol. The molecule has 0 unspecified atom stereocenters. The molecule has 1 aliphatic heterocycles. The van der Waals surface area contributed by atoms with E-state index in [1.807, 2.05) is 42.1 Å². The average Bonchev–Trinajstić information content (AvgIpc) is 2.70. The Balaban J connectivity index is 1.28. The quantitative estimate of drug-likeness (QED) is 0.557. The number of nitrogens with one attached hydrogen (secondary N) is 1. The van der Waals surface area contributed by atoms with Gasteiger partial charge < -0.3 is 10.2 Å². The van der Waals surface area contributed by atoms with Crippen LogP contribution in [0.2, 0.25) is 0 Å². The number of carbonyl (C=O) groups excluding carboxylic acids is 1. The monoisotopic (exact) mass is 387 g/mol. The van der Waals surface area contributed by atoms with Gasteiger partial charge in [0.15, 0.2) is 0 Å². The van der Waals surface area contributed by atoms with E-state index >= 15 is 0 Å². The number of carbonyl (C=O) groups is 1. The lowest BCUT2D eigenvalue weighted by molar-refractivity contribution is -0.122. The van der Waals surface area contributed by atoms with Crippen molar-refractivity contribution in [2.24, 2.45) is 0 Å². The molecule has 144 valence electrons. The van der Waals surface area contributed by atoms with Crippen LogP contribution in [0.1, 0.15) is 6.42 Å². The maximum atomic E-state index is 13.0. The number of piperazine rings is 1. The number of amides is 1. The zero-order valence-corrected chi connectivity index (χ0v) is 16.3. The molecule has 1 N–H and O–H groups in total. The zero-order chi connectivity index (χ0) is 18.9. The summed E-state index contributed by atoms with van der Waals surface area (Å²) >= 11 is 1.82. The van der Waals surface area contributed by atoms with E-state index < -0.39 is 0 Å². The van der Waals surface area contributed by atoms with E-state index in [0.717, 1.165) is 44.0 Å². The van der Waals surface area contributed by atoms with Crippen molar-refractivity contribution in [2.45, 2.75) is 11.3 Å². The lowest BCUT2D eigenvalue weighted by Crippen LogP contribution is -2.49. The Morgan fingerprint density at radius 3 is 2.41 bits per heavy atom. The lowest BCUT2D eigenvalue weighted by Gasteiger charge is -2.35.